The molecule has 0 aromatic heterocycles. The van der Waals surface area contributed by atoms with Crippen molar-refractivity contribution < 1.29 is 198 Å². The van der Waals surface area contributed by atoms with E-state index in [1.165, 1.54) is 6.92 Å². The molecule has 8 fully saturated rings. The van der Waals surface area contributed by atoms with E-state index in [-0.39, 0.29) is 0 Å². The Hall–Kier alpha value is -2.58. The standard InChI is InChI=1S/C52H88N2O40/c1-11-23(62)29(68)34(73)47(82-11)80-9-19-42(27(66)21(45(79)83-19)53-12(2)60)90-46-22(54-13(3)61)28(67)40(17(7-58)87-46)91-52-39(78)44(94-51-38(77)33(72)41(18(8-59)88-51)92-49-36(75)31(70)25(64)15(5-56)85-49)43(93-50-37(76)32(71)26(65)16(6-57)86-50)20(89-52)10-81-48-35(74)30(69)24(63)14(4-55)84-48/h11,14-52,55-59,62-79H,4-10H2,1-3H3,(H,53,60)(H,54,61)/t11-,14+,15+,16+,17+,18+,19+,20+,21+,22+,23+,24+,25-,26-,27+,28+,29+,30-,31-,32-,33+,34-,35-,36+,37+,38-,39-,40+,41+,42+,43+,44+,45+,46-,47+,48-,49+,50-,51+,52-/m0/s1. The van der Waals surface area contributed by atoms with E-state index in [1.54, 1.807) is 0 Å². The molecule has 0 radical (unpaired) electrons. The summed E-state index contributed by atoms with van der Waals surface area (Å²) < 4.78 is 87.7. The molecule has 8 aliphatic rings. The molecule has 25 N–H and O–H groups in total. The molecule has 0 saturated carbocycles. The minimum absolute atomic E-state index is 0.806. The zero-order valence-corrected chi connectivity index (χ0v) is 50.3. The fourth-order valence-electron chi connectivity index (χ4n) is 12.0. The number of hydrogen-bond donors (Lipinski definition) is 25. The fraction of sp³-hybridized carbons (Fsp3) is 0.962. The van der Waals surface area contributed by atoms with E-state index in [2.05, 4.69) is 10.6 Å². The van der Waals surface area contributed by atoms with Crippen LogP contribution in [-0.2, 0) is 80.6 Å². The van der Waals surface area contributed by atoms with Gasteiger partial charge in [-0.1, -0.05) is 0 Å². The average Bonchev–Trinajstić information content (AvgIpc) is 0.780. The second kappa shape index (κ2) is 33.3. The molecular weight excluding hydrogens is 1290 g/mol. The molecule has 0 bridgehead atoms. The highest BCUT2D eigenvalue weighted by Crippen LogP contribution is 2.39. The zero-order chi connectivity index (χ0) is 69.2. The van der Waals surface area contributed by atoms with Gasteiger partial charge in [-0.25, -0.2) is 0 Å². The molecule has 94 heavy (non-hydrogen) atoms. The van der Waals surface area contributed by atoms with Crippen LogP contribution in [0.1, 0.15) is 20.8 Å². The Balaban J connectivity index is 1.13. The van der Waals surface area contributed by atoms with Crippen LogP contribution in [0, 0.1) is 0 Å². The van der Waals surface area contributed by atoms with Crippen LogP contribution in [0.25, 0.3) is 0 Å². The molecule has 0 aromatic rings. The Morgan fingerprint density at radius 1 is 0.298 bits per heavy atom. The number of rotatable bonds is 23. The lowest BCUT2D eigenvalue weighted by Gasteiger charge is -2.52. The molecule has 8 rings (SSSR count). The van der Waals surface area contributed by atoms with Crippen molar-refractivity contribution in [1.82, 2.24) is 10.6 Å². The molecule has 2 amide bonds. The maximum atomic E-state index is 13.0. The molecular formula is C52H88N2O40. The number of carbonyl (C=O) groups excluding carboxylic acids is 2. The molecule has 8 aliphatic heterocycles. The average molecular weight is 1380 g/mol. The zero-order valence-electron chi connectivity index (χ0n) is 50.3. The van der Waals surface area contributed by atoms with Crippen LogP contribution in [-0.4, -0.2) is 421 Å². The SMILES string of the molecule is CC(=O)N[C@@H]1[C@@H](O)[C@H](O[C@@H]2O[C@H](CO)[C@@H](O[C@@H]3O[C@H](CO[C@H]4O[C@H](CO)[C@@H](O)[C@H](O)[C@@H]4O)[C@@H](O[C@@H]4O[C@H](CO)[C@H](O)[C@H](O)[C@H]4O)[C@H](O[C@H]4O[C@H](CO)[C@@H](O[C@H]5O[C@H](CO)[C@H](O)[C@H](O)[C@H]5O)[C@H](O)[C@@H]4O)[C@@H]3O)[C@H](O)[C@H]2NC(C)=O)[C@@H](CO[C@@H]2O[C@@H](C)[C@@H](O)[C@@H](O)[C@@H]2O)O[C@H]1O. The second-order valence-electron chi connectivity index (χ2n) is 23.9. The van der Waals surface area contributed by atoms with Gasteiger partial charge in [-0.15, -0.1) is 0 Å². The highest BCUT2D eigenvalue weighted by molar-refractivity contribution is 5.73. The summed E-state index contributed by atoms with van der Waals surface area (Å²) in [6, 6.07) is -3.65. The van der Waals surface area contributed by atoms with Crippen molar-refractivity contribution in [3.63, 3.8) is 0 Å². The molecule has 0 spiro atoms. The van der Waals surface area contributed by atoms with Crippen LogP contribution in [0.15, 0.2) is 0 Å². The smallest absolute Gasteiger partial charge is 0.217 e. The summed E-state index contributed by atoms with van der Waals surface area (Å²) in [4.78, 5) is 25.3. The van der Waals surface area contributed by atoms with Crippen molar-refractivity contribution in [3.05, 3.63) is 0 Å². The van der Waals surface area contributed by atoms with Crippen LogP contribution >= 0.6 is 0 Å². The number of amides is 2. The van der Waals surface area contributed by atoms with Gasteiger partial charge in [0.05, 0.1) is 52.4 Å². The Kier molecular flexibility index (Phi) is 27.3. The summed E-state index contributed by atoms with van der Waals surface area (Å²) in [7, 11) is 0. The Bertz CT molecular complexity index is 2360. The lowest BCUT2D eigenvalue weighted by Crippen LogP contribution is -2.71. The van der Waals surface area contributed by atoms with Crippen molar-refractivity contribution in [2.45, 2.75) is 266 Å². The van der Waals surface area contributed by atoms with Crippen LogP contribution in [0.5, 0.6) is 0 Å². The van der Waals surface area contributed by atoms with Gasteiger partial charge in [-0.3, -0.25) is 9.59 Å². The third kappa shape index (κ3) is 16.6. The number of hydrogen-bond acceptors (Lipinski definition) is 40. The quantitative estimate of drug-likeness (QED) is 0.0452. The summed E-state index contributed by atoms with van der Waals surface area (Å²) in [5, 5.41) is 255. The number of carbonyl (C=O) groups is 2. The summed E-state index contributed by atoms with van der Waals surface area (Å²) in [5.74, 6) is -1.75. The van der Waals surface area contributed by atoms with Gasteiger partial charge in [0.25, 0.3) is 0 Å². The number of ether oxygens (including phenoxy) is 15. The molecule has 546 valence electrons. The number of aliphatic hydroxyl groups is 23. The topological polar surface area (TPSA) is 662 Å². The van der Waals surface area contributed by atoms with Gasteiger partial charge >= 0.3 is 0 Å². The first-order valence-corrected chi connectivity index (χ1v) is 30.0. The predicted molar refractivity (Wildman–Crippen MR) is 286 cm³/mol. The molecule has 8 heterocycles. The maximum absolute atomic E-state index is 13.0. The van der Waals surface area contributed by atoms with E-state index in [0.717, 1.165) is 13.8 Å². The van der Waals surface area contributed by atoms with Crippen molar-refractivity contribution in [2.24, 2.45) is 0 Å². The Labute approximate surface area is 532 Å². The number of aliphatic hydroxyl groups excluding tert-OH is 23. The van der Waals surface area contributed by atoms with E-state index in [9.17, 15) is 127 Å². The monoisotopic (exact) mass is 1380 g/mol. The van der Waals surface area contributed by atoms with Crippen molar-refractivity contribution in [2.75, 3.05) is 46.2 Å². The molecule has 0 aromatic carbocycles. The first-order valence-electron chi connectivity index (χ1n) is 30.0. The van der Waals surface area contributed by atoms with Gasteiger partial charge < -0.3 is 199 Å². The lowest BCUT2D eigenvalue weighted by atomic mass is 9.93. The largest absolute Gasteiger partial charge is 0.394 e. The van der Waals surface area contributed by atoms with Crippen molar-refractivity contribution in [1.29, 1.82) is 0 Å². The van der Waals surface area contributed by atoms with E-state index in [0.29, 0.717) is 0 Å². The highest BCUT2D eigenvalue weighted by Gasteiger charge is 2.60. The van der Waals surface area contributed by atoms with E-state index in [4.69, 9.17) is 71.1 Å². The van der Waals surface area contributed by atoms with Crippen LogP contribution in [0.3, 0.4) is 0 Å². The summed E-state index contributed by atoms with van der Waals surface area (Å²) in [6.07, 6.45) is -76.4. The summed E-state index contributed by atoms with van der Waals surface area (Å²) in [6.45, 7) is -3.92. The minimum atomic E-state index is -2.53. The normalized spacial score (nSPS) is 51.2. The molecule has 40 atom stereocenters. The van der Waals surface area contributed by atoms with E-state index >= 15 is 0 Å². The third-order valence-corrected chi connectivity index (χ3v) is 17.4. The minimum Gasteiger partial charge on any atom is -0.394 e. The lowest BCUT2D eigenvalue weighted by molar-refractivity contribution is -0.406. The van der Waals surface area contributed by atoms with Crippen molar-refractivity contribution >= 4 is 11.8 Å². The van der Waals surface area contributed by atoms with Crippen LogP contribution < -0.4 is 10.6 Å². The van der Waals surface area contributed by atoms with Gasteiger partial charge in [0, 0.05) is 13.8 Å². The van der Waals surface area contributed by atoms with Gasteiger partial charge in [0.2, 0.25) is 11.8 Å². The van der Waals surface area contributed by atoms with Crippen LogP contribution in [0.4, 0.5) is 0 Å². The number of nitrogens with one attached hydrogen (secondary N) is 2. The first kappa shape index (κ1) is 77.2. The van der Waals surface area contributed by atoms with Crippen molar-refractivity contribution in [3.8, 4) is 0 Å². The summed E-state index contributed by atoms with van der Waals surface area (Å²) in [5.41, 5.74) is 0. The molecule has 8 saturated heterocycles. The Morgan fingerprint density at radius 2 is 0.606 bits per heavy atom. The predicted octanol–water partition coefficient (Wildman–Crippen LogP) is -17.1. The molecule has 42 nitrogen and oxygen atoms in total. The first-order chi connectivity index (χ1) is 44.4. The van der Waals surface area contributed by atoms with Gasteiger partial charge in [-0.2, -0.15) is 0 Å². The molecule has 42 heteroatoms. The summed E-state index contributed by atoms with van der Waals surface area (Å²) >= 11 is 0. The molecule has 0 aliphatic carbocycles. The van der Waals surface area contributed by atoms with E-state index < -0.39 is 304 Å². The second-order valence-corrected chi connectivity index (χ2v) is 23.9. The van der Waals surface area contributed by atoms with Crippen LogP contribution in [0.2, 0.25) is 0 Å². The van der Waals surface area contributed by atoms with E-state index in [1.807, 2.05) is 0 Å². The third-order valence-electron chi connectivity index (χ3n) is 17.4. The van der Waals surface area contributed by atoms with Gasteiger partial charge in [-0.05, 0) is 6.92 Å². The molecule has 0 unspecified atom stereocenters. The highest BCUT2D eigenvalue weighted by atomic mass is 16.8. The maximum Gasteiger partial charge on any atom is 0.217 e. The Morgan fingerprint density at radius 3 is 1.07 bits per heavy atom. The fourth-order valence-corrected chi connectivity index (χ4v) is 12.0. The van der Waals surface area contributed by atoms with Gasteiger partial charge in [0.1, 0.15) is 189 Å². The van der Waals surface area contributed by atoms with Gasteiger partial charge in [0.15, 0.2) is 50.3 Å².